The number of thiol groups is 1. The lowest BCUT2D eigenvalue weighted by molar-refractivity contribution is 0.0937. The summed E-state index contributed by atoms with van der Waals surface area (Å²) in [5.41, 5.74) is 0.694. The molecule has 0 aliphatic heterocycles. The van der Waals surface area contributed by atoms with E-state index in [-0.39, 0.29) is 5.91 Å². The maximum atomic E-state index is 12.0. The van der Waals surface area contributed by atoms with Crippen molar-refractivity contribution in [3.05, 3.63) is 29.8 Å². The van der Waals surface area contributed by atoms with E-state index in [0.29, 0.717) is 23.3 Å². The van der Waals surface area contributed by atoms with Crippen LogP contribution in [0.15, 0.2) is 29.2 Å². The van der Waals surface area contributed by atoms with Crippen molar-refractivity contribution in [2.45, 2.75) is 32.6 Å². The molecule has 1 aromatic carbocycles. The van der Waals surface area contributed by atoms with Crippen LogP contribution in [-0.4, -0.2) is 12.5 Å². The van der Waals surface area contributed by atoms with Crippen LogP contribution in [0.2, 0.25) is 0 Å². The van der Waals surface area contributed by atoms with Crippen LogP contribution in [0.4, 0.5) is 0 Å². The van der Waals surface area contributed by atoms with Crippen molar-refractivity contribution in [3.63, 3.8) is 0 Å². The topological polar surface area (TPSA) is 29.1 Å². The fourth-order valence-electron chi connectivity index (χ4n) is 2.17. The van der Waals surface area contributed by atoms with E-state index in [1.807, 2.05) is 12.1 Å². The monoisotopic (exact) mass is 265 g/mol. The normalized spacial score (nSPS) is 11.3. The molecule has 18 heavy (non-hydrogen) atoms. The summed E-state index contributed by atoms with van der Waals surface area (Å²) in [6.45, 7) is 9.54. The number of benzene rings is 1. The molecule has 0 radical (unpaired) electrons. The molecule has 0 aromatic heterocycles. The summed E-state index contributed by atoms with van der Waals surface area (Å²) in [4.78, 5) is 12.8. The van der Waals surface area contributed by atoms with Gasteiger partial charge in [-0.1, -0.05) is 27.7 Å². The fourth-order valence-corrected chi connectivity index (χ4v) is 2.32. The summed E-state index contributed by atoms with van der Waals surface area (Å²) in [6, 6.07) is 7.27. The Balaban J connectivity index is 2.57. The molecule has 1 aromatic rings. The molecule has 0 heterocycles. The predicted octanol–water partition coefficient (Wildman–Crippen LogP) is 3.63. The van der Waals surface area contributed by atoms with Crippen molar-refractivity contribution in [2.24, 2.45) is 17.8 Å². The van der Waals surface area contributed by atoms with Gasteiger partial charge < -0.3 is 5.32 Å². The second kappa shape index (κ2) is 6.83. The first-order valence-corrected chi connectivity index (χ1v) is 6.93. The van der Waals surface area contributed by atoms with Crippen LogP contribution < -0.4 is 5.32 Å². The van der Waals surface area contributed by atoms with Gasteiger partial charge in [0, 0.05) is 17.0 Å². The van der Waals surface area contributed by atoms with Gasteiger partial charge in [-0.05, 0) is 42.0 Å². The average molecular weight is 265 g/mol. The van der Waals surface area contributed by atoms with Gasteiger partial charge in [0.25, 0.3) is 5.91 Å². The van der Waals surface area contributed by atoms with Gasteiger partial charge in [0.2, 0.25) is 0 Å². The zero-order valence-corrected chi connectivity index (χ0v) is 12.5. The number of carbonyl (C=O) groups excluding carboxylic acids is 1. The first kappa shape index (κ1) is 15.1. The Labute approximate surface area is 116 Å². The quantitative estimate of drug-likeness (QED) is 0.782. The van der Waals surface area contributed by atoms with Gasteiger partial charge in [0.1, 0.15) is 0 Å². The van der Waals surface area contributed by atoms with Crippen molar-refractivity contribution in [2.75, 3.05) is 6.54 Å². The molecular formula is C15H23NOS. The Kier molecular flexibility index (Phi) is 5.73. The van der Waals surface area contributed by atoms with E-state index in [0.717, 1.165) is 11.4 Å². The number of amides is 1. The van der Waals surface area contributed by atoms with Crippen molar-refractivity contribution >= 4 is 18.5 Å². The van der Waals surface area contributed by atoms with Crippen molar-refractivity contribution in [1.82, 2.24) is 5.32 Å². The van der Waals surface area contributed by atoms with Gasteiger partial charge in [0.15, 0.2) is 0 Å². The zero-order chi connectivity index (χ0) is 13.7. The summed E-state index contributed by atoms with van der Waals surface area (Å²) in [5, 5.41) is 3.02. The number of hydrogen-bond donors (Lipinski definition) is 2. The van der Waals surface area contributed by atoms with Gasteiger partial charge in [-0.15, -0.1) is 12.6 Å². The molecule has 0 atom stereocenters. The molecule has 1 rings (SSSR count). The first-order valence-electron chi connectivity index (χ1n) is 6.49. The Hall–Kier alpha value is -0.960. The summed E-state index contributed by atoms with van der Waals surface area (Å²) in [6.07, 6.45) is 0. The van der Waals surface area contributed by atoms with Crippen LogP contribution in [0.25, 0.3) is 0 Å². The van der Waals surface area contributed by atoms with E-state index in [9.17, 15) is 4.79 Å². The molecule has 0 aliphatic carbocycles. The smallest absolute Gasteiger partial charge is 0.251 e. The minimum Gasteiger partial charge on any atom is -0.352 e. The summed E-state index contributed by atoms with van der Waals surface area (Å²) >= 11 is 4.21. The lowest BCUT2D eigenvalue weighted by Gasteiger charge is -2.25. The van der Waals surface area contributed by atoms with Gasteiger partial charge in [-0.3, -0.25) is 4.79 Å². The highest BCUT2D eigenvalue weighted by Crippen LogP contribution is 2.19. The third kappa shape index (κ3) is 4.37. The van der Waals surface area contributed by atoms with E-state index >= 15 is 0 Å². The molecule has 1 N–H and O–H groups in total. The summed E-state index contributed by atoms with van der Waals surface area (Å²) in [5.74, 6) is 1.66. The van der Waals surface area contributed by atoms with Gasteiger partial charge >= 0.3 is 0 Å². The van der Waals surface area contributed by atoms with E-state index in [2.05, 4.69) is 45.6 Å². The Morgan fingerprint density at radius 3 is 2.06 bits per heavy atom. The van der Waals surface area contributed by atoms with Gasteiger partial charge in [-0.2, -0.15) is 0 Å². The van der Waals surface area contributed by atoms with E-state index < -0.39 is 0 Å². The number of nitrogens with one attached hydrogen (secondary N) is 1. The van der Waals surface area contributed by atoms with Gasteiger partial charge in [-0.25, -0.2) is 0 Å². The maximum absolute atomic E-state index is 12.0. The second-order valence-electron chi connectivity index (χ2n) is 5.41. The van der Waals surface area contributed by atoms with Crippen molar-refractivity contribution < 1.29 is 4.79 Å². The molecule has 0 saturated heterocycles. The van der Waals surface area contributed by atoms with E-state index in [1.54, 1.807) is 12.1 Å². The molecule has 100 valence electrons. The second-order valence-corrected chi connectivity index (χ2v) is 5.93. The van der Waals surface area contributed by atoms with Crippen molar-refractivity contribution in [3.8, 4) is 0 Å². The van der Waals surface area contributed by atoms with Gasteiger partial charge in [0.05, 0.1) is 0 Å². The largest absolute Gasteiger partial charge is 0.352 e. The van der Waals surface area contributed by atoms with Crippen LogP contribution >= 0.6 is 12.6 Å². The van der Waals surface area contributed by atoms with E-state index in [1.165, 1.54) is 0 Å². The standard InChI is InChI=1S/C15H23NOS/c1-10(2)14(11(3)4)9-16-15(17)12-5-7-13(18)8-6-12/h5-8,10-11,14,18H,9H2,1-4H3,(H,16,17). The highest BCUT2D eigenvalue weighted by molar-refractivity contribution is 7.80. The van der Waals surface area contributed by atoms with Crippen LogP contribution in [0.1, 0.15) is 38.1 Å². The molecule has 0 fully saturated rings. The maximum Gasteiger partial charge on any atom is 0.251 e. The average Bonchev–Trinajstić information content (AvgIpc) is 2.28. The molecule has 2 nitrogen and oxygen atoms in total. The lowest BCUT2D eigenvalue weighted by Crippen LogP contribution is -2.33. The zero-order valence-electron chi connectivity index (χ0n) is 11.6. The number of hydrogen-bond acceptors (Lipinski definition) is 2. The molecule has 0 unspecified atom stereocenters. The molecule has 0 saturated carbocycles. The molecule has 3 heteroatoms. The van der Waals surface area contributed by atoms with Crippen LogP contribution in [0.5, 0.6) is 0 Å². The van der Waals surface area contributed by atoms with Crippen LogP contribution in [0, 0.1) is 17.8 Å². The minimum atomic E-state index is -0.00497. The highest BCUT2D eigenvalue weighted by Gasteiger charge is 2.18. The SMILES string of the molecule is CC(C)C(CNC(=O)c1ccc(S)cc1)C(C)C. The van der Waals surface area contributed by atoms with Crippen LogP contribution in [-0.2, 0) is 0 Å². The third-order valence-electron chi connectivity index (χ3n) is 3.34. The van der Waals surface area contributed by atoms with Crippen molar-refractivity contribution in [1.29, 1.82) is 0 Å². The first-order chi connectivity index (χ1) is 8.41. The third-order valence-corrected chi connectivity index (χ3v) is 3.64. The molecule has 0 bridgehead atoms. The minimum absolute atomic E-state index is 0.00497. The Morgan fingerprint density at radius 1 is 1.11 bits per heavy atom. The summed E-state index contributed by atoms with van der Waals surface area (Å²) < 4.78 is 0. The van der Waals surface area contributed by atoms with E-state index in [4.69, 9.17) is 0 Å². The molecule has 0 aliphatic rings. The fraction of sp³-hybridized carbons (Fsp3) is 0.533. The molecular weight excluding hydrogens is 242 g/mol. The lowest BCUT2D eigenvalue weighted by atomic mass is 9.85. The Bertz CT molecular complexity index is 376. The number of carbonyl (C=O) groups is 1. The highest BCUT2D eigenvalue weighted by atomic mass is 32.1. The number of rotatable bonds is 5. The molecule has 1 amide bonds. The predicted molar refractivity (Wildman–Crippen MR) is 79.2 cm³/mol. The Morgan fingerprint density at radius 2 is 1.61 bits per heavy atom. The summed E-state index contributed by atoms with van der Waals surface area (Å²) in [7, 11) is 0. The molecule has 0 spiro atoms. The van der Waals surface area contributed by atoms with Crippen LogP contribution in [0.3, 0.4) is 0 Å².